The van der Waals surface area contributed by atoms with Crippen LogP contribution in [0.4, 0.5) is 0 Å². The van der Waals surface area contributed by atoms with Crippen molar-refractivity contribution in [2.24, 2.45) is 5.92 Å². The first-order valence-electron chi connectivity index (χ1n) is 5.20. The van der Waals surface area contributed by atoms with Gasteiger partial charge in [0.25, 0.3) is 0 Å². The van der Waals surface area contributed by atoms with Crippen LogP contribution < -0.4 is 0 Å². The van der Waals surface area contributed by atoms with Crippen molar-refractivity contribution in [1.82, 2.24) is 0 Å². The van der Waals surface area contributed by atoms with Gasteiger partial charge in [0.2, 0.25) is 0 Å². The Balaban J connectivity index is 2.78. The first-order valence-corrected chi connectivity index (χ1v) is 6.68. The summed E-state index contributed by atoms with van der Waals surface area (Å²) in [6.45, 7) is 11.7. The fourth-order valence-corrected chi connectivity index (χ4v) is 5.28. The van der Waals surface area contributed by atoms with Crippen molar-refractivity contribution in [3.05, 3.63) is 23.5 Å². The highest BCUT2D eigenvalue weighted by molar-refractivity contribution is 7.63. The van der Waals surface area contributed by atoms with Gasteiger partial charge in [0.15, 0.2) is 0 Å². The van der Waals surface area contributed by atoms with E-state index < -0.39 is 0 Å². The number of rotatable bonds is 3. The summed E-state index contributed by atoms with van der Waals surface area (Å²) in [6, 6.07) is 0. The van der Waals surface area contributed by atoms with E-state index in [9.17, 15) is 0 Å². The van der Waals surface area contributed by atoms with Crippen LogP contribution in [0.1, 0.15) is 34.6 Å². The topological polar surface area (TPSA) is 0 Å². The van der Waals surface area contributed by atoms with E-state index in [1.807, 2.05) is 0 Å². The van der Waals surface area contributed by atoms with Crippen LogP contribution >= 0.6 is 7.92 Å². The van der Waals surface area contributed by atoms with Gasteiger partial charge in [-0.15, -0.1) is 0 Å². The molecule has 74 valence electrons. The van der Waals surface area contributed by atoms with E-state index in [-0.39, 0.29) is 7.92 Å². The minimum Gasteiger partial charge on any atom is -0.0772 e. The van der Waals surface area contributed by atoms with E-state index in [0.717, 1.165) is 11.3 Å². The van der Waals surface area contributed by atoms with Gasteiger partial charge >= 0.3 is 0 Å². The molecule has 1 rings (SSSR count). The maximum absolute atomic E-state index is 2.36. The molecule has 13 heavy (non-hydrogen) atoms. The molecule has 0 aromatic heterocycles. The highest BCUT2D eigenvalue weighted by atomic mass is 31.1. The molecule has 0 nitrogen and oxygen atoms in total. The van der Waals surface area contributed by atoms with Gasteiger partial charge in [-0.05, 0) is 22.6 Å². The van der Waals surface area contributed by atoms with Gasteiger partial charge in [0.1, 0.15) is 0 Å². The van der Waals surface area contributed by atoms with Crippen molar-refractivity contribution in [3.8, 4) is 0 Å². The summed E-state index contributed by atoms with van der Waals surface area (Å²) < 4.78 is 0. The Bertz CT molecular complexity index is 215. The number of allylic oxidation sites excluding steroid dienone is 4. The molecule has 0 aliphatic heterocycles. The summed E-state index contributed by atoms with van der Waals surface area (Å²) in [5.41, 5.74) is 1.65. The summed E-state index contributed by atoms with van der Waals surface area (Å²) in [5, 5.41) is 1.69. The van der Waals surface area contributed by atoms with Crippen molar-refractivity contribution in [2.75, 3.05) is 0 Å². The molecule has 0 spiro atoms. The molecule has 0 radical (unpaired) electrons. The quantitative estimate of drug-likeness (QED) is 0.588. The maximum Gasteiger partial charge on any atom is -0.000270 e. The van der Waals surface area contributed by atoms with E-state index in [0.29, 0.717) is 5.92 Å². The molecule has 0 bridgehead atoms. The second-order valence-corrected chi connectivity index (χ2v) is 7.76. The molecular formula is C12H21P. The third-order valence-corrected chi connectivity index (χ3v) is 5.92. The Labute approximate surface area is 83.9 Å². The van der Waals surface area contributed by atoms with E-state index >= 15 is 0 Å². The molecular weight excluding hydrogens is 175 g/mol. The third-order valence-electron chi connectivity index (χ3n) is 2.54. The highest BCUT2D eigenvalue weighted by Crippen LogP contribution is 2.57. The number of hydrogen-bond donors (Lipinski definition) is 0. The van der Waals surface area contributed by atoms with E-state index in [4.69, 9.17) is 0 Å². The zero-order valence-corrected chi connectivity index (χ0v) is 10.3. The molecule has 0 saturated carbocycles. The van der Waals surface area contributed by atoms with Crippen LogP contribution in [0, 0.1) is 5.92 Å². The van der Waals surface area contributed by atoms with Crippen LogP contribution in [0.2, 0.25) is 0 Å². The van der Waals surface area contributed by atoms with Crippen molar-refractivity contribution in [3.63, 3.8) is 0 Å². The lowest BCUT2D eigenvalue weighted by molar-refractivity contribution is 0.912. The van der Waals surface area contributed by atoms with Crippen LogP contribution in [-0.2, 0) is 0 Å². The standard InChI is InChI=1S/C12H21P/c1-9(2)13(10(3)4)12-8-6-7-11(12)5/h6-11H,1-5H3. The normalized spacial score (nSPS) is 22.2. The summed E-state index contributed by atoms with van der Waals surface area (Å²) in [7, 11) is 0.0795. The van der Waals surface area contributed by atoms with Crippen LogP contribution in [0.25, 0.3) is 0 Å². The second kappa shape index (κ2) is 4.42. The minimum absolute atomic E-state index is 0.0795. The lowest BCUT2D eigenvalue weighted by atomic mass is 10.2. The Morgan fingerprint density at radius 2 is 1.69 bits per heavy atom. The molecule has 1 heteroatoms. The van der Waals surface area contributed by atoms with E-state index in [1.54, 1.807) is 5.31 Å². The predicted molar refractivity (Wildman–Crippen MR) is 63.6 cm³/mol. The summed E-state index contributed by atoms with van der Waals surface area (Å²) in [6.07, 6.45) is 6.88. The summed E-state index contributed by atoms with van der Waals surface area (Å²) in [5.74, 6) is 0.691. The van der Waals surface area contributed by atoms with Gasteiger partial charge < -0.3 is 0 Å². The van der Waals surface area contributed by atoms with E-state index in [2.05, 4.69) is 52.8 Å². The van der Waals surface area contributed by atoms with Gasteiger partial charge in [0, 0.05) is 0 Å². The molecule has 0 heterocycles. The van der Waals surface area contributed by atoms with Crippen molar-refractivity contribution in [2.45, 2.75) is 45.9 Å². The first-order chi connectivity index (χ1) is 6.04. The van der Waals surface area contributed by atoms with E-state index in [1.165, 1.54) is 0 Å². The van der Waals surface area contributed by atoms with Gasteiger partial charge in [-0.3, -0.25) is 0 Å². The summed E-state index contributed by atoms with van der Waals surface area (Å²) >= 11 is 0. The molecule has 0 amide bonds. The zero-order valence-electron chi connectivity index (χ0n) is 9.41. The van der Waals surface area contributed by atoms with Gasteiger partial charge in [-0.25, -0.2) is 0 Å². The third kappa shape index (κ3) is 2.44. The van der Waals surface area contributed by atoms with Crippen LogP contribution in [0.3, 0.4) is 0 Å². The van der Waals surface area contributed by atoms with Crippen LogP contribution in [0.5, 0.6) is 0 Å². The molecule has 0 fully saturated rings. The maximum atomic E-state index is 2.36. The van der Waals surface area contributed by atoms with Crippen LogP contribution in [0.15, 0.2) is 23.5 Å². The summed E-state index contributed by atoms with van der Waals surface area (Å²) in [4.78, 5) is 0. The van der Waals surface area contributed by atoms with Crippen molar-refractivity contribution in [1.29, 1.82) is 0 Å². The first kappa shape index (κ1) is 11.0. The molecule has 0 aromatic carbocycles. The average molecular weight is 196 g/mol. The van der Waals surface area contributed by atoms with Crippen molar-refractivity contribution >= 4 is 7.92 Å². The Morgan fingerprint density at radius 3 is 2.00 bits per heavy atom. The predicted octanol–water partition coefficient (Wildman–Crippen LogP) is 4.37. The fraction of sp³-hybridized carbons (Fsp3) is 0.667. The molecule has 1 unspecified atom stereocenters. The minimum atomic E-state index is 0.0795. The SMILES string of the molecule is CC1C=CC=C1P(C(C)C)C(C)C. The lowest BCUT2D eigenvalue weighted by Crippen LogP contribution is -2.07. The molecule has 0 saturated heterocycles. The molecule has 0 N–H and O–H groups in total. The lowest BCUT2D eigenvalue weighted by Gasteiger charge is -2.29. The Morgan fingerprint density at radius 1 is 1.15 bits per heavy atom. The largest absolute Gasteiger partial charge is 0.0772 e. The molecule has 0 aromatic rings. The Kier molecular flexibility index (Phi) is 3.74. The Hall–Kier alpha value is -0.0900. The molecule has 1 atom stereocenters. The molecule has 1 aliphatic carbocycles. The van der Waals surface area contributed by atoms with Crippen molar-refractivity contribution < 1.29 is 0 Å². The fourth-order valence-electron chi connectivity index (χ4n) is 2.08. The van der Waals surface area contributed by atoms with Gasteiger partial charge in [-0.2, -0.15) is 0 Å². The van der Waals surface area contributed by atoms with Gasteiger partial charge in [0.05, 0.1) is 0 Å². The van der Waals surface area contributed by atoms with Crippen LogP contribution in [-0.4, -0.2) is 11.3 Å². The zero-order chi connectivity index (χ0) is 10.0. The molecule has 1 aliphatic rings. The second-order valence-electron chi connectivity index (χ2n) is 4.36. The average Bonchev–Trinajstić information content (AvgIpc) is 2.35. The smallest absolute Gasteiger partial charge is 0.000270 e. The van der Waals surface area contributed by atoms with Gasteiger partial charge in [-0.1, -0.05) is 60.8 Å². The highest BCUT2D eigenvalue weighted by Gasteiger charge is 2.24. The monoisotopic (exact) mass is 196 g/mol. The number of hydrogen-bond acceptors (Lipinski definition) is 0.